The van der Waals surface area contributed by atoms with Crippen molar-refractivity contribution >= 4 is 11.6 Å². The zero-order valence-electron chi connectivity index (χ0n) is 8.31. The fourth-order valence-corrected chi connectivity index (χ4v) is 1.55. The van der Waals surface area contributed by atoms with E-state index in [4.69, 9.17) is 11.6 Å². The molecule has 0 aliphatic rings. The van der Waals surface area contributed by atoms with Gasteiger partial charge in [0.25, 0.3) is 5.56 Å². The van der Waals surface area contributed by atoms with Crippen molar-refractivity contribution in [1.29, 1.82) is 0 Å². The standard InChI is InChI=1S/C11H9ClN2O2/c12-9-6-13-11(16)14(10(9)15)7-8-4-2-1-3-5-8/h1-6H,7H2,(H,13,16). The summed E-state index contributed by atoms with van der Waals surface area (Å²) in [6.45, 7) is 0.218. The SMILES string of the molecule is O=c1[nH]cc(Cl)c(=O)n1Cc1ccccc1. The van der Waals surface area contributed by atoms with Crippen molar-refractivity contribution in [3.05, 3.63) is 68.0 Å². The average molecular weight is 237 g/mol. The summed E-state index contributed by atoms with van der Waals surface area (Å²) in [7, 11) is 0. The second kappa shape index (κ2) is 4.37. The molecule has 0 unspecified atom stereocenters. The number of rotatable bonds is 2. The molecule has 0 saturated carbocycles. The predicted octanol–water partition coefficient (Wildman–Crippen LogP) is 1.24. The Morgan fingerprint density at radius 1 is 1.19 bits per heavy atom. The van der Waals surface area contributed by atoms with E-state index in [2.05, 4.69) is 4.98 Å². The molecule has 0 fully saturated rings. The van der Waals surface area contributed by atoms with E-state index in [0.29, 0.717) is 0 Å². The minimum atomic E-state index is -0.478. The van der Waals surface area contributed by atoms with Gasteiger partial charge in [0.05, 0.1) is 6.54 Å². The lowest BCUT2D eigenvalue weighted by Crippen LogP contribution is -2.35. The second-order valence-electron chi connectivity index (χ2n) is 3.32. The molecule has 0 aliphatic carbocycles. The lowest BCUT2D eigenvalue weighted by molar-refractivity contribution is 0.699. The summed E-state index contributed by atoms with van der Waals surface area (Å²) in [5, 5.41) is 0.00975. The van der Waals surface area contributed by atoms with Crippen LogP contribution in [0.5, 0.6) is 0 Å². The summed E-state index contributed by atoms with van der Waals surface area (Å²) in [6.07, 6.45) is 1.20. The van der Waals surface area contributed by atoms with Gasteiger partial charge in [-0.3, -0.25) is 9.36 Å². The van der Waals surface area contributed by atoms with Gasteiger partial charge in [0.1, 0.15) is 5.02 Å². The van der Waals surface area contributed by atoms with E-state index in [-0.39, 0.29) is 11.6 Å². The summed E-state index contributed by atoms with van der Waals surface area (Å²) in [5.41, 5.74) is -0.0649. The molecule has 0 spiro atoms. The van der Waals surface area contributed by atoms with Gasteiger partial charge >= 0.3 is 5.69 Å². The van der Waals surface area contributed by atoms with E-state index in [1.807, 2.05) is 30.3 Å². The van der Waals surface area contributed by atoms with Crippen LogP contribution in [0.25, 0.3) is 0 Å². The molecular weight excluding hydrogens is 228 g/mol. The maximum Gasteiger partial charge on any atom is 0.328 e. The van der Waals surface area contributed by atoms with Gasteiger partial charge in [-0.05, 0) is 5.56 Å². The van der Waals surface area contributed by atoms with Crippen LogP contribution < -0.4 is 11.2 Å². The number of aromatic nitrogens is 2. The van der Waals surface area contributed by atoms with Crippen molar-refractivity contribution in [3.63, 3.8) is 0 Å². The van der Waals surface area contributed by atoms with Crippen LogP contribution in [0.3, 0.4) is 0 Å². The highest BCUT2D eigenvalue weighted by atomic mass is 35.5. The molecule has 5 heteroatoms. The number of hydrogen-bond donors (Lipinski definition) is 1. The molecule has 1 heterocycles. The molecule has 1 N–H and O–H groups in total. The van der Waals surface area contributed by atoms with Crippen LogP contribution in [0.1, 0.15) is 5.56 Å². The van der Waals surface area contributed by atoms with Crippen molar-refractivity contribution in [3.8, 4) is 0 Å². The quantitative estimate of drug-likeness (QED) is 0.853. The third kappa shape index (κ3) is 2.06. The molecule has 1 aromatic heterocycles. The number of H-pyrrole nitrogens is 1. The first-order valence-corrected chi connectivity index (χ1v) is 5.08. The molecule has 0 bridgehead atoms. The average Bonchev–Trinajstić information content (AvgIpc) is 2.31. The Labute approximate surface area is 96.1 Å². The highest BCUT2D eigenvalue weighted by molar-refractivity contribution is 6.30. The maximum absolute atomic E-state index is 11.6. The third-order valence-electron chi connectivity index (χ3n) is 2.20. The van der Waals surface area contributed by atoms with Crippen LogP contribution in [-0.2, 0) is 6.54 Å². The Balaban J connectivity index is 2.47. The van der Waals surface area contributed by atoms with Crippen molar-refractivity contribution in [2.24, 2.45) is 0 Å². The monoisotopic (exact) mass is 236 g/mol. The Kier molecular flexibility index (Phi) is 2.92. The summed E-state index contributed by atoms with van der Waals surface area (Å²) in [4.78, 5) is 25.5. The maximum atomic E-state index is 11.6. The fourth-order valence-electron chi connectivity index (χ4n) is 1.40. The molecule has 2 aromatic rings. The Morgan fingerprint density at radius 3 is 2.56 bits per heavy atom. The molecule has 16 heavy (non-hydrogen) atoms. The van der Waals surface area contributed by atoms with Crippen molar-refractivity contribution in [1.82, 2.24) is 9.55 Å². The zero-order valence-corrected chi connectivity index (χ0v) is 9.07. The number of halogens is 1. The molecule has 0 radical (unpaired) electrons. The first kappa shape index (κ1) is 10.7. The van der Waals surface area contributed by atoms with Gasteiger partial charge in [0, 0.05) is 6.20 Å². The number of aromatic amines is 1. The van der Waals surface area contributed by atoms with Crippen LogP contribution in [0.4, 0.5) is 0 Å². The van der Waals surface area contributed by atoms with E-state index in [9.17, 15) is 9.59 Å². The zero-order chi connectivity index (χ0) is 11.5. The topological polar surface area (TPSA) is 54.9 Å². The highest BCUT2D eigenvalue weighted by Crippen LogP contribution is 2.00. The van der Waals surface area contributed by atoms with Crippen LogP contribution in [0.2, 0.25) is 5.02 Å². The summed E-state index contributed by atoms with van der Waals surface area (Å²) < 4.78 is 1.07. The Hall–Kier alpha value is -1.81. The molecule has 2 rings (SSSR count). The predicted molar refractivity (Wildman–Crippen MR) is 61.9 cm³/mol. The van der Waals surface area contributed by atoms with Crippen LogP contribution >= 0.6 is 11.6 Å². The van der Waals surface area contributed by atoms with Gasteiger partial charge < -0.3 is 4.98 Å². The van der Waals surface area contributed by atoms with Gasteiger partial charge in [-0.2, -0.15) is 0 Å². The second-order valence-corrected chi connectivity index (χ2v) is 3.73. The first-order valence-electron chi connectivity index (χ1n) is 4.70. The number of nitrogens with zero attached hydrogens (tertiary/aromatic N) is 1. The summed E-state index contributed by atoms with van der Waals surface area (Å²) >= 11 is 5.65. The minimum Gasteiger partial charge on any atom is -0.312 e. The molecule has 0 aliphatic heterocycles. The van der Waals surface area contributed by atoms with Crippen molar-refractivity contribution in [2.75, 3.05) is 0 Å². The van der Waals surface area contributed by atoms with Gasteiger partial charge in [0.2, 0.25) is 0 Å². The Bertz CT molecular complexity index is 601. The van der Waals surface area contributed by atoms with Crippen molar-refractivity contribution in [2.45, 2.75) is 6.54 Å². The molecular formula is C11H9ClN2O2. The van der Waals surface area contributed by atoms with Crippen LogP contribution in [0.15, 0.2) is 46.1 Å². The highest BCUT2D eigenvalue weighted by Gasteiger charge is 2.05. The van der Waals surface area contributed by atoms with Crippen LogP contribution in [-0.4, -0.2) is 9.55 Å². The number of benzene rings is 1. The first-order chi connectivity index (χ1) is 7.68. The molecule has 0 atom stereocenters. The van der Waals surface area contributed by atoms with Gasteiger partial charge in [-0.1, -0.05) is 41.9 Å². The van der Waals surface area contributed by atoms with Gasteiger partial charge in [-0.25, -0.2) is 4.79 Å². The normalized spacial score (nSPS) is 10.3. The molecule has 4 nitrogen and oxygen atoms in total. The summed E-state index contributed by atoms with van der Waals surface area (Å²) in [5.74, 6) is 0. The van der Waals surface area contributed by atoms with Crippen molar-refractivity contribution < 1.29 is 0 Å². The lowest BCUT2D eigenvalue weighted by atomic mass is 10.2. The summed E-state index contributed by atoms with van der Waals surface area (Å²) in [6, 6.07) is 9.24. The van der Waals surface area contributed by atoms with E-state index in [1.165, 1.54) is 6.20 Å². The van der Waals surface area contributed by atoms with E-state index < -0.39 is 11.2 Å². The smallest absolute Gasteiger partial charge is 0.312 e. The number of nitrogens with one attached hydrogen (secondary N) is 1. The molecule has 0 amide bonds. The molecule has 1 aromatic carbocycles. The molecule has 0 saturated heterocycles. The van der Waals surface area contributed by atoms with Gasteiger partial charge in [0.15, 0.2) is 0 Å². The van der Waals surface area contributed by atoms with Crippen LogP contribution in [0, 0.1) is 0 Å². The molecule has 82 valence electrons. The Morgan fingerprint density at radius 2 is 1.88 bits per heavy atom. The van der Waals surface area contributed by atoms with E-state index >= 15 is 0 Å². The third-order valence-corrected chi connectivity index (χ3v) is 2.47. The van der Waals surface area contributed by atoms with E-state index in [0.717, 1.165) is 10.1 Å². The lowest BCUT2D eigenvalue weighted by Gasteiger charge is -2.04. The largest absolute Gasteiger partial charge is 0.328 e. The van der Waals surface area contributed by atoms with E-state index in [1.54, 1.807) is 0 Å². The van der Waals surface area contributed by atoms with Gasteiger partial charge in [-0.15, -0.1) is 0 Å². The number of hydrogen-bond acceptors (Lipinski definition) is 2. The minimum absolute atomic E-state index is 0.00975. The fraction of sp³-hybridized carbons (Fsp3) is 0.0909.